The van der Waals surface area contributed by atoms with Gasteiger partial charge in [0.2, 0.25) is 0 Å². The molecule has 8 heteroatoms. The van der Waals surface area contributed by atoms with Crippen LogP contribution < -0.4 is 5.73 Å². The third-order valence-corrected chi connectivity index (χ3v) is 7.98. The van der Waals surface area contributed by atoms with Crippen LogP contribution in [-0.4, -0.2) is 43.1 Å². The average molecular weight is 627 g/mol. The first-order valence-electron chi connectivity index (χ1n) is 15.4. The zero-order chi connectivity index (χ0) is 33.2. The Morgan fingerprint density at radius 2 is 1.30 bits per heavy atom. The summed E-state index contributed by atoms with van der Waals surface area (Å²) < 4.78 is 0. The lowest BCUT2D eigenvalue weighted by atomic mass is 10.1. The Labute approximate surface area is 272 Å². The van der Waals surface area contributed by atoms with Crippen LogP contribution in [-0.2, 0) is 28.9 Å². The largest absolute Gasteiger partial charge is 0.481 e. The fourth-order valence-corrected chi connectivity index (χ4v) is 5.52. The molecule has 1 aliphatic carbocycles. The molecule has 3 aromatic heterocycles. The Kier molecular flexibility index (Phi) is 10.7. The van der Waals surface area contributed by atoms with Gasteiger partial charge in [0.15, 0.2) is 0 Å². The number of aromatic amines is 3. The second-order valence-corrected chi connectivity index (χ2v) is 11.3. The van der Waals surface area contributed by atoms with Gasteiger partial charge in [0, 0.05) is 52.3 Å². The molecular weight excluding hydrogens is 588 g/mol. The average Bonchev–Trinajstić information content (AvgIpc) is 3.89. The quantitative estimate of drug-likeness (QED) is 0.116. The molecule has 0 saturated carbocycles. The lowest BCUT2D eigenvalue weighted by Crippen LogP contribution is -2.32. The van der Waals surface area contributed by atoms with Crippen molar-refractivity contribution in [2.75, 3.05) is 0 Å². The predicted octanol–water partition coefficient (Wildman–Crippen LogP) is 7.73. The van der Waals surface area contributed by atoms with Gasteiger partial charge in [0.1, 0.15) is 6.04 Å². The van der Waals surface area contributed by atoms with Crippen LogP contribution >= 0.6 is 0 Å². The number of hydrogen-bond donors (Lipinski definition) is 6. The molecule has 0 saturated heterocycles. The van der Waals surface area contributed by atoms with E-state index < -0.39 is 18.0 Å². The van der Waals surface area contributed by atoms with E-state index in [2.05, 4.69) is 70.4 Å². The summed E-state index contributed by atoms with van der Waals surface area (Å²) in [5.74, 6) is -1.77. The number of carboxylic acid groups (broad SMARTS) is 2. The van der Waals surface area contributed by atoms with Gasteiger partial charge in [-0.05, 0) is 70.8 Å². The smallest absolute Gasteiger partial charge is 0.320 e. The van der Waals surface area contributed by atoms with Crippen LogP contribution in [0.1, 0.15) is 29.2 Å². The number of aromatic nitrogens is 3. The molecule has 0 fully saturated rings. The summed E-state index contributed by atoms with van der Waals surface area (Å²) >= 11 is 0. The number of hydrogen-bond acceptors (Lipinski definition) is 3. The van der Waals surface area contributed by atoms with E-state index in [4.69, 9.17) is 15.9 Å². The standard InChI is InChI=1S/C11H12N2O2.C10H9NO2.C10H10.C8H7N/c12-9(11(14)15)5-7-6-13-10-4-2-1-3-8(7)10;12-10(13)5-7-6-11-9-4-2-1-3-8(7)9;1-8-6-7-9-4-2-3-5-10(8)9;1-2-4-8-7(3-1)5-6-9-8/h1-4,6,9,13H,5,12H2,(H,14,15);1-4,6,11H,5H2,(H,12,13);2-6H,7H2,1H3;1-6,9H. The minimum Gasteiger partial charge on any atom is -0.481 e. The van der Waals surface area contributed by atoms with Gasteiger partial charge >= 0.3 is 11.9 Å². The van der Waals surface area contributed by atoms with E-state index >= 15 is 0 Å². The monoisotopic (exact) mass is 626 g/mol. The highest BCUT2D eigenvalue weighted by Gasteiger charge is 2.14. The highest BCUT2D eigenvalue weighted by Crippen LogP contribution is 2.25. The van der Waals surface area contributed by atoms with Gasteiger partial charge in [-0.2, -0.15) is 0 Å². The third-order valence-electron chi connectivity index (χ3n) is 7.98. The minimum atomic E-state index is -0.972. The van der Waals surface area contributed by atoms with Gasteiger partial charge in [-0.15, -0.1) is 0 Å². The topological polar surface area (TPSA) is 148 Å². The summed E-state index contributed by atoms with van der Waals surface area (Å²) in [6.07, 6.45) is 9.34. The highest BCUT2D eigenvalue weighted by molar-refractivity contribution is 5.87. The van der Waals surface area contributed by atoms with E-state index in [1.165, 1.54) is 27.6 Å². The number of allylic oxidation sites excluding steroid dienone is 2. The summed E-state index contributed by atoms with van der Waals surface area (Å²) in [6, 6.07) is 33.5. The van der Waals surface area contributed by atoms with Gasteiger partial charge in [-0.1, -0.05) is 84.9 Å². The van der Waals surface area contributed by atoms with Gasteiger partial charge in [0.05, 0.1) is 6.42 Å². The van der Waals surface area contributed by atoms with Crippen LogP contribution in [0.5, 0.6) is 0 Å². The van der Waals surface area contributed by atoms with E-state index in [-0.39, 0.29) is 6.42 Å². The Bertz CT molecular complexity index is 2100. The Balaban J connectivity index is 0.000000125. The first-order valence-corrected chi connectivity index (χ1v) is 15.4. The summed E-state index contributed by atoms with van der Waals surface area (Å²) in [5.41, 5.74) is 14.8. The van der Waals surface area contributed by atoms with Gasteiger partial charge < -0.3 is 30.9 Å². The number of benzene rings is 4. The highest BCUT2D eigenvalue weighted by atomic mass is 16.4. The van der Waals surface area contributed by atoms with E-state index in [1.807, 2.05) is 73.1 Å². The maximum atomic E-state index is 10.6. The molecule has 0 radical (unpaired) electrons. The number of aliphatic carboxylic acids is 2. The van der Waals surface area contributed by atoms with Crippen molar-refractivity contribution in [2.45, 2.75) is 32.2 Å². The summed E-state index contributed by atoms with van der Waals surface area (Å²) in [6.45, 7) is 2.17. The molecule has 47 heavy (non-hydrogen) atoms. The maximum Gasteiger partial charge on any atom is 0.320 e. The van der Waals surface area contributed by atoms with Crippen molar-refractivity contribution in [3.63, 3.8) is 0 Å². The van der Waals surface area contributed by atoms with Crippen molar-refractivity contribution < 1.29 is 19.8 Å². The fraction of sp³-hybridized carbons (Fsp3) is 0.128. The van der Waals surface area contributed by atoms with Crippen LogP contribution in [0.3, 0.4) is 0 Å². The van der Waals surface area contributed by atoms with Crippen LogP contribution in [0.25, 0.3) is 38.3 Å². The molecule has 4 aromatic carbocycles. The van der Waals surface area contributed by atoms with Crippen LogP contribution in [0, 0.1) is 0 Å². The Morgan fingerprint density at radius 3 is 1.94 bits per heavy atom. The second kappa shape index (κ2) is 15.4. The lowest BCUT2D eigenvalue weighted by Gasteiger charge is -2.04. The second-order valence-electron chi connectivity index (χ2n) is 11.3. The summed E-state index contributed by atoms with van der Waals surface area (Å²) in [7, 11) is 0. The summed E-state index contributed by atoms with van der Waals surface area (Å²) in [5, 5.41) is 20.7. The number of rotatable bonds is 5. The molecule has 8 nitrogen and oxygen atoms in total. The third kappa shape index (κ3) is 8.45. The van der Waals surface area contributed by atoms with Crippen LogP contribution in [0.15, 0.2) is 128 Å². The zero-order valence-electron chi connectivity index (χ0n) is 26.1. The molecule has 238 valence electrons. The normalized spacial score (nSPS) is 12.1. The maximum absolute atomic E-state index is 10.6. The first kappa shape index (κ1) is 32.5. The fourth-order valence-electron chi connectivity index (χ4n) is 5.52. The minimum absolute atomic E-state index is 0.0734. The van der Waals surface area contributed by atoms with Crippen molar-refractivity contribution in [1.29, 1.82) is 0 Å². The van der Waals surface area contributed by atoms with E-state index in [1.54, 1.807) is 6.20 Å². The van der Waals surface area contributed by atoms with Crippen LogP contribution in [0.4, 0.5) is 0 Å². The number of nitrogens with one attached hydrogen (secondary N) is 3. The van der Waals surface area contributed by atoms with Crippen molar-refractivity contribution >= 4 is 50.2 Å². The lowest BCUT2D eigenvalue weighted by molar-refractivity contribution is -0.138. The van der Waals surface area contributed by atoms with Crippen LogP contribution in [0.2, 0.25) is 0 Å². The molecule has 0 spiro atoms. The number of carbonyl (C=O) groups is 2. The van der Waals surface area contributed by atoms with Crippen molar-refractivity contribution in [2.24, 2.45) is 5.73 Å². The Morgan fingerprint density at radius 1 is 0.723 bits per heavy atom. The number of carboxylic acids is 2. The molecule has 3 heterocycles. The first-order chi connectivity index (χ1) is 22.8. The molecule has 0 amide bonds. The number of nitrogens with two attached hydrogens (primary N) is 1. The van der Waals surface area contributed by atoms with Crippen molar-refractivity contribution in [1.82, 2.24) is 15.0 Å². The summed E-state index contributed by atoms with van der Waals surface area (Å²) in [4.78, 5) is 30.4. The van der Waals surface area contributed by atoms with Gasteiger partial charge in [0.25, 0.3) is 0 Å². The number of para-hydroxylation sites is 3. The molecule has 0 aliphatic heterocycles. The zero-order valence-corrected chi connectivity index (χ0v) is 26.1. The number of fused-ring (bicyclic) bond motifs is 4. The molecule has 7 N–H and O–H groups in total. The molecule has 7 aromatic rings. The van der Waals surface area contributed by atoms with Gasteiger partial charge in [-0.25, -0.2) is 0 Å². The predicted molar refractivity (Wildman–Crippen MR) is 189 cm³/mol. The van der Waals surface area contributed by atoms with Crippen molar-refractivity contribution in [3.8, 4) is 0 Å². The Hall–Kier alpha value is -5.86. The SMILES string of the molecule is CC1=CCc2ccccc21.NC(Cc1c[nH]c2ccccc12)C(=O)O.O=C(O)Cc1c[nH]c2ccccc12.c1ccc2[nH]ccc2c1. The molecular formula is C39H38N4O4. The molecule has 1 aliphatic rings. The molecule has 1 unspecified atom stereocenters. The number of H-pyrrole nitrogens is 3. The van der Waals surface area contributed by atoms with Gasteiger partial charge in [-0.3, -0.25) is 9.59 Å². The molecule has 0 bridgehead atoms. The van der Waals surface area contributed by atoms with E-state index in [0.29, 0.717) is 6.42 Å². The molecule has 8 rings (SSSR count). The van der Waals surface area contributed by atoms with Crippen molar-refractivity contribution in [3.05, 3.63) is 150 Å². The molecule has 1 atom stereocenters. The van der Waals surface area contributed by atoms with E-state index in [0.717, 1.165) is 39.4 Å². The van der Waals surface area contributed by atoms with E-state index in [9.17, 15) is 9.59 Å².